The standard InChI is InChI=1S/C20H12F3N3O2S3/c21-20(22,23)10-4-1-5-11(7-10)26-17(27)13-12(9-3-2-6-24-8-9)14-16(25-19(29)31-14)30-15(13)18(26)28/h1-8,12-13,15H,(H,25,29). The molecule has 31 heavy (non-hydrogen) atoms. The first kappa shape index (κ1) is 20.4. The lowest BCUT2D eigenvalue weighted by Crippen LogP contribution is -2.32. The van der Waals surface area contributed by atoms with Crippen LogP contribution in [0.4, 0.5) is 18.9 Å². The molecule has 1 aromatic carbocycles. The average molecular weight is 480 g/mol. The number of imide groups is 1. The number of anilines is 1. The first-order valence-electron chi connectivity index (χ1n) is 9.10. The summed E-state index contributed by atoms with van der Waals surface area (Å²) in [5.74, 6) is -2.31. The van der Waals surface area contributed by atoms with Crippen LogP contribution in [-0.4, -0.2) is 27.0 Å². The van der Waals surface area contributed by atoms with Crippen molar-refractivity contribution < 1.29 is 22.8 Å². The molecule has 1 fully saturated rings. The third-order valence-corrected chi connectivity index (χ3v) is 8.05. The van der Waals surface area contributed by atoms with E-state index in [9.17, 15) is 22.8 Å². The van der Waals surface area contributed by atoms with E-state index in [0.29, 0.717) is 8.98 Å². The van der Waals surface area contributed by atoms with Gasteiger partial charge in [-0.2, -0.15) is 13.2 Å². The Labute approximate surface area is 187 Å². The number of hydrogen-bond donors (Lipinski definition) is 1. The molecule has 1 saturated heterocycles. The van der Waals surface area contributed by atoms with Crippen molar-refractivity contribution in [3.8, 4) is 0 Å². The minimum atomic E-state index is -4.58. The van der Waals surface area contributed by atoms with Crippen molar-refractivity contribution in [1.29, 1.82) is 0 Å². The minimum Gasteiger partial charge on any atom is -0.332 e. The Kier molecular flexibility index (Phi) is 4.79. The Hall–Kier alpha value is -2.50. The van der Waals surface area contributed by atoms with Crippen LogP contribution in [0.5, 0.6) is 0 Å². The summed E-state index contributed by atoms with van der Waals surface area (Å²) in [5.41, 5.74) is -0.252. The highest BCUT2D eigenvalue weighted by molar-refractivity contribution is 8.01. The molecule has 2 aliphatic heterocycles. The van der Waals surface area contributed by atoms with E-state index in [0.717, 1.165) is 27.5 Å². The van der Waals surface area contributed by atoms with E-state index >= 15 is 0 Å². The van der Waals surface area contributed by atoms with Gasteiger partial charge in [0.25, 0.3) is 0 Å². The van der Waals surface area contributed by atoms with E-state index in [1.54, 1.807) is 18.5 Å². The molecule has 3 atom stereocenters. The van der Waals surface area contributed by atoms with Gasteiger partial charge in [-0.15, -0.1) is 11.3 Å². The van der Waals surface area contributed by atoms with E-state index in [2.05, 4.69) is 9.97 Å². The Morgan fingerprint density at radius 3 is 2.65 bits per heavy atom. The average Bonchev–Trinajstić information content (AvgIpc) is 3.23. The smallest absolute Gasteiger partial charge is 0.332 e. The number of aromatic nitrogens is 2. The molecule has 0 bridgehead atoms. The number of alkyl halides is 3. The summed E-state index contributed by atoms with van der Waals surface area (Å²) < 4.78 is 40.1. The van der Waals surface area contributed by atoms with Crippen molar-refractivity contribution in [2.24, 2.45) is 5.92 Å². The van der Waals surface area contributed by atoms with Gasteiger partial charge < -0.3 is 4.98 Å². The molecule has 0 spiro atoms. The molecular formula is C20H12F3N3O2S3. The van der Waals surface area contributed by atoms with Gasteiger partial charge in [0.2, 0.25) is 11.8 Å². The van der Waals surface area contributed by atoms with Crippen LogP contribution in [0.3, 0.4) is 0 Å². The van der Waals surface area contributed by atoms with Crippen LogP contribution < -0.4 is 4.90 Å². The molecule has 11 heteroatoms. The van der Waals surface area contributed by atoms with Gasteiger partial charge in [0.15, 0.2) is 3.95 Å². The van der Waals surface area contributed by atoms with E-state index in [-0.39, 0.29) is 5.69 Å². The van der Waals surface area contributed by atoms with Gasteiger partial charge in [-0.1, -0.05) is 23.9 Å². The lowest BCUT2D eigenvalue weighted by Gasteiger charge is -2.29. The summed E-state index contributed by atoms with van der Waals surface area (Å²) in [5, 5.41) is -0.0721. The van der Waals surface area contributed by atoms with Crippen molar-refractivity contribution in [3.63, 3.8) is 0 Å². The SMILES string of the molecule is O=C1C2Sc3[nH]c(=S)sc3C(c3cccnc3)C2C(=O)N1c1cccc(C(F)(F)F)c1. The molecule has 3 aromatic rings. The second kappa shape index (κ2) is 7.28. The molecule has 2 aromatic heterocycles. The Morgan fingerprint density at radius 1 is 1.13 bits per heavy atom. The number of pyridine rings is 1. The van der Waals surface area contributed by atoms with Crippen LogP contribution in [0.15, 0.2) is 53.8 Å². The zero-order valence-electron chi connectivity index (χ0n) is 15.4. The number of thiazole rings is 1. The number of H-pyrrole nitrogens is 1. The number of aromatic amines is 1. The number of rotatable bonds is 2. The van der Waals surface area contributed by atoms with Gasteiger partial charge in [0.1, 0.15) is 5.25 Å². The molecule has 2 amide bonds. The molecule has 5 nitrogen and oxygen atoms in total. The predicted molar refractivity (Wildman–Crippen MR) is 113 cm³/mol. The van der Waals surface area contributed by atoms with Gasteiger partial charge in [0.05, 0.1) is 22.2 Å². The Morgan fingerprint density at radius 2 is 1.94 bits per heavy atom. The minimum absolute atomic E-state index is 0.0824. The largest absolute Gasteiger partial charge is 0.416 e. The quantitative estimate of drug-likeness (QED) is 0.413. The van der Waals surface area contributed by atoms with Crippen molar-refractivity contribution in [3.05, 3.63) is 68.8 Å². The summed E-state index contributed by atoms with van der Waals surface area (Å²) >= 11 is 7.80. The number of carbonyl (C=O) groups excluding carboxylic acids is 2. The number of halogens is 3. The maximum absolute atomic E-state index is 13.5. The van der Waals surface area contributed by atoms with Crippen molar-refractivity contribution in [2.75, 3.05) is 4.90 Å². The Balaban J connectivity index is 1.62. The molecule has 3 unspecified atom stereocenters. The second-order valence-electron chi connectivity index (χ2n) is 7.10. The molecule has 4 heterocycles. The fourth-order valence-electron chi connectivity index (χ4n) is 4.01. The maximum atomic E-state index is 13.5. The third kappa shape index (κ3) is 3.31. The second-order valence-corrected chi connectivity index (χ2v) is 9.97. The lowest BCUT2D eigenvalue weighted by atomic mass is 9.84. The summed E-state index contributed by atoms with van der Waals surface area (Å²) in [6, 6.07) is 7.84. The number of hydrogen-bond acceptors (Lipinski definition) is 6. The van der Waals surface area contributed by atoms with Gasteiger partial charge >= 0.3 is 6.18 Å². The molecule has 2 aliphatic rings. The van der Waals surface area contributed by atoms with E-state index in [4.69, 9.17) is 12.2 Å². The molecular weight excluding hydrogens is 467 g/mol. The van der Waals surface area contributed by atoms with Crippen molar-refractivity contribution in [2.45, 2.75) is 22.4 Å². The van der Waals surface area contributed by atoms with Crippen LogP contribution in [0.25, 0.3) is 0 Å². The first-order chi connectivity index (χ1) is 14.8. The third-order valence-electron chi connectivity index (χ3n) is 5.30. The Bertz CT molecular complexity index is 1260. The zero-order chi connectivity index (χ0) is 21.9. The highest BCUT2D eigenvalue weighted by Gasteiger charge is 2.56. The van der Waals surface area contributed by atoms with Crippen LogP contribution in [0.1, 0.15) is 21.9 Å². The number of benzene rings is 1. The van der Waals surface area contributed by atoms with Crippen molar-refractivity contribution >= 4 is 52.8 Å². The van der Waals surface area contributed by atoms with E-state index in [1.807, 2.05) is 6.07 Å². The van der Waals surface area contributed by atoms with E-state index < -0.39 is 40.6 Å². The first-order valence-corrected chi connectivity index (χ1v) is 11.2. The highest BCUT2D eigenvalue weighted by atomic mass is 32.2. The molecule has 1 N–H and O–H groups in total. The summed E-state index contributed by atoms with van der Waals surface area (Å²) in [7, 11) is 0. The molecule has 0 aliphatic carbocycles. The molecule has 158 valence electrons. The van der Waals surface area contributed by atoms with Gasteiger partial charge in [0, 0.05) is 23.2 Å². The number of carbonyl (C=O) groups is 2. The number of nitrogens with one attached hydrogen (secondary N) is 1. The predicted octanol–water partition coefficient (Wildman–Crippen LogP) is 5.02. The number of thioether (sulfide) groups is 1. The summed E-state index contributed by atoms with van der Waals surface area (Å²) in [4.78, 5) is 35.7. The van der Waals surface area contributed by atoms with Gasteiger partial charge in [-0.25, -0.2) is 4.90 Å². The fourth-order valence-corrected chi connectivity index (χ4v) is 6.97. The zero-order valence-corrected chi connectivity index (χ0v) is 17.9. The number of amides is 2. The normalized spacial score (nSPS) is 23.1. The molecule has 0 radical (unpaired) electrons. The topological polar surface area (TPSA) is 66.1 Å². The monoisotopic (exact) mass is 479 g/mol. The molecule has 5 rings (SSSR count). The van der Waals surface area contributed by atoms with Gasteiger partial charge in [-0.05, 0) is 42.0 Å². The molecule has 0 saturated carbocycles. The van der Waals surface area contributed by atoms with Crippen LogP contribution in [0.2, 0.25) is 0 Å². The summed E-state index contributed by atoms with van der Waals surface area (Å²) in [6.07, 6.45) is -1.34. The van der Waals surface area contributed by atoms with Crippen LogP contribution >= 0.6 is 35.3 Å². The van der Waals surface area contributed by atoms with Gasteiger partial charge in [-0.3, -0.25) is 14.6 Å². The number of fused-ring (bicyclic) bond motifs is 2. The maximum Gasteiger partial charge on any atom is 0.416 e. The number of nitrogens with zero attached hydrogens (tertiary/aromatic N) is 2. The van der Waals surface area contributed by atoms with Crippen LogP contribution in [0, 0.1) is 9.87 Å². The van der Waals surface area contributed by atoms with Crippen molar-refractivity contribution in [1.82, 2.24) is 9.97 Å². The fraction of sp³-hybridized carbons (Fsp3) is 0.200. The highest BCUT2D eigenvalue weighted by Crippen LogP contribution is 2.54. The van der Waals surface area contributed by atoms with Crippen LogP contribution in [-0.2, 0) is 15.8 Å². The lowest BCUT2D eigenvalue weighted by molar-refractivity contribution is -0.137. The summed E-state index contributed by atoms with van der Waals surface area (Å²) in [6.45, 7) is 0. The van der Waals surface area contributed by atoms with E-state index in [1.165, 1.54) is 35.2 Å².